The van der Waals surface area contributed by atoms with E-state index in [4.69, 9.17) is 18.5 Å². The van der Waals surface area contributed by atoms with Crippen LogP contribution >= 0.6 is 7.82 Å². The molecule has 10 nitrogen and oxygen atoms in total. The average molecular weight is 745 g/mol. The number of rotatable bonds is 37. The first-order valence-electron chi connectivity index (χ1n) is 19.9. The molecule has 0 aromatic carbocycles. The van der Waals surface area contributed by atoms with Crippen LogP contribution in [-0.4, -0.2) is 65.7 Å². The zero-order valence-corrected chi connectivity index (χ0v) is 33.0. The highest BCUT2D eigenvalue weighted by Crippen LogP contribution is 2.43. The Labute approximate surface area is 310 Å². The van der Waals surface area contributed by atoms with Gasteiger partial charge in [-0.25, -0.2) is 4.57 Å². The SMILES string of the molecule is CCCC/C=C\CCCCCCCC(=O)OC(CO)COP(=O)(O)OCC(CO)OC(=O)CCCCCCCCC/C=C\C/C=C\CCCCC. The number of aliphatic hydroxyl groups is 2. The number of carbonyl (C=O) groups excluding carboxylic acids is 2. The molecular formula is C40H73O10P. The van der Waals surface area contributed by atoms with Gasteiger partial charge in [-0.2, -0.15) is 0 Å². The Morgan fingerprint density at radius 2 is 0.882 bits per heavy atom. The lowest BCUT2D eigenvalue weighted by Gasteiger charge is -2.20. The summed E-state index contributed by atoms with van der Waals surface area (Å²) in [7, 11) is -4.63. The van der Waals surface area contributed by atoms with E-state index in [-0.39, 0.29) is 12.8 Å². The molecule has 0 heterocycles. The Morgan fingerprint density at radius 1 is 0.529 bits per heavy atom. The summed E-state index contributed by atoms with van der Waals surface area (Å²) >= 11 is 0. The summed E-state index contributed by atoms with van der Waals surface area (Å²) in [6.07, 6.45) is 35.5. The Balaban J connectivity index is 3.97. The van der Waals surface area contributed by atoms with Crippen LogP contribution < -0.4 is 0 Å². The van der Waals surface area contributed by atoms with Gasteiger partial charge in [0.05, 0.1) is 26.4 Å². The molecule has 0 rings (SSSR count). The van der Waals surface area contributed by atoms with Gasteiger partial charge < -0.3 is 24.6 Å². The van der Waals surface area contributed by atoms with Crippen LogP contribution in [0.25, 0.3) is 0 Å². The second kappa shape index (κ2) is 36.5. The molecule has 0 saturated heterocycles. The van der Waals surface area contributed by atoms with Gasteiger partial charge in [-0.15, -0.1) is 0 Å². The summed E-state index contributed by atoms with van der Waals surface area (Å²) in [5.41, 5.74) is 0. The maximum absolute atomic E-state index is 12.3. The predicted molar refractivity (Wildman–Crippen MR) is 205 cm³/mol. The van der Waals surface area contributed by atoms with E-state index in [0.717, 1.165) is 70.6 Å². The Morgan fingerprint density at radius 3 is 1.29 bits per heavy atom. The number of unbranched alkanes of at least 4 members (excludes halogenated alkanes) is 17. The van der Waals surface area contributed by atoms with E-state index >= 15 is 0 Å². The second-order valence-corrected chi connectivity index (χ2v) is 14.7. The molecule has 3 unspecified atom stereocenters. The zero-order valence-electron chi connectivity index (χ0n) is 32.1. The monoisotopic (exact) mass is 744 g/mol. The van der Waals surface area contributed by atoms with Crippen molar-refractivity contribution < 1.29 is 47.8 Å². The summed E-state index contributed by atoms with van der Waals surface area (Å²) in [6, 6.07) is 0. The molecule has 0 spiro atoms. The topological polar surface area (TPSA) is 149 Å². The minimum atomic E-state index is -4.63. The number of ether oxygens (including phenoxy) is 2. The first-order valence-corrected chi connectivity index (χ1v) is 21.4. The molecule has 0 aromatic heterocycles. The van der Waals surface area contributed by atoms with Crippen molar-refractivity contribution in [2.75, 3.05) is 26.4 Å². The van der Waals surface area contributed by atoms with Crippen LogP contribution in [0.2, 0.25) is 0 Å². The summed E-state index contributed by atoms with van der Waals surface area (Å²) < 4.78 is 32.4. The standard InChI is InChI=1S/C40H73O10P/c1-3-5-7-9-11-13-15-16-17-18-19-20-22-24-26-28-30-32-40(44)50-38(34-42)36-48-51(45,46)47-35-37(33-41)49-39(43)31-29-27-25-23-21-14-12-10-8-6-4-2/h10-13,16-17,37-38,41-42H,3-9,14-15,18-36H2,1-2H3,(H,45,46)/b12-10-,13-11-,17-16-. The Bertz CT molecular complexity index is 952. The number of allylic oxidation sites excluding steroid dienone is 6. The van der Waals surface area contributed by atoms with Gasteiger partial charge in [-0.05, 0) is 64.2 Å². The second-order valence-electron chi connectivity index (χ2n) is 13.3. The Kier molecular flexibility index (Phi) is 35.2. The van der Waals surface area contributed by atoms with Gasteiger partial charge in [0, 0.05) is 12.8 Å². The summed E-state index contributed by atoms with van der Waals surface area (Å²) in [4.78, 5) is 34.4. The zero-order chi connectivity index (χ0) is 37.7. The lowest BCUT2D eigenvalue weighted by molar-refractivity contribution is -0.153. The molecule has 0 amide bonds. The number of carbonyl (C=O) groups is 2. The average Bonchev–Trinajstić information content (AvgIpc) is 3.12. The van der Waals surface area contributed by atoms with Crippen LogP contribution in [-0.2, 0) is 32.7 Å². The van der Waals surface area contributed by atoms with Gasteiger partial charge in [-0.3, -0.25) is 18.6 Å². The molecule has 0 radical (unpaired) electrons. The largest absolute Gasteiger partial charge is 0.472 e. The van der Waals surface area contributed by atoms with Crippen LogP contribution in [0.1, 0.15) is 168 Å². The fourth-order valence-corrected chi connectivity index (χ4v) is 5.97. The van der Waals surface area contributed by atoms with Gasteiger partial charge in [0.1, 0.15) is 12.2 Å². The van der Waals surface area contributed by atoms with Crippen LogP contribution in [0.5, 0.6) is 0 Å². The molecule has 11 heteroatoms. The molecule has 0 aliphatic rings. The van der Waals surface area contributed by atoms with Crippen molar-refractivity contribution in [3.63, 3.8) is 0 Å². The van der Waals surface area contributed by atoms with Crippen LogP contribution in [0.15, 0.2) is 36.5 Å². The number of phosphoric acid groups is 1. The molecule has 0 fully saturated rings. The molecule has 3 atom stereocenters. The van der Waals surface area contributed by atoms with E-state index in [9.17, 15) is 29.3 Å². The molecule has 0 aromatic rings. The number of phosphoric ester groups is 1. The highest BCUT2D eigenvalue weighted by molar-refractivity contribution is 7.47. The smallest absolute Gasteiger partial charge is 0.457 e. The lowest BCUT2D eigenvalue weighted by atomic mass is 10.1. The summed E-state index contributed by atoms with van der Waals surface area (Å²) in [6.45, 7) is 2.11. The normalized spacial score (nSPS) is 14.4. The van der Waals surface area contributed by atoms with Gasteiger partial charge in [0.25, 0.3) is 0 Å². The van der Waals surface area contributed by atoms with E-state index in [0.29, 0.717) is 12.8 Å². The van der Waals surface area contributed by atoms with Crippen molar-refractivity contribution in [3.05, 3.63) is 36.5 Å². The Hall–Kier alpha value is -1.81. The van der Waals surface area contributed by atoms with Gasteiger partial charge in [-0.1, -0.05) is 127 Å². The van der Waals surface area contributed by atoms with Crippen LogP contribution in [0.3, 0.4) is 0 Å². The first-order chi connectivity index (χ1) is 24.8. The van der Waals surface area contributed by atoms with Crippen molar-refractivity contribution in [1.29, 1.82) is 0 Å². The summed E-state index contributed by atoms with van der Waals surface area (Å²) in [5.74, 6) is -1.04. The van der Waals surface area contributed by atoms with Gasteiger partial charge in [0.2, 0.25) is 0 Å². The quantitative estimate of drug-likeness (QED) is 0.0243. The summed E-state index contributed by atoms with van der Waals surface area (Å²) in [5, 5.41) is 19.1. The molecule has 0 aliphatic carbocycles. The van der Waals surface area contributed by atoms with E-state index in [1.807, 2.05) is 0 Å². The third-order valence-corrected chi connectivity index (χ3v) is 9.28. The molecule has 0 bridgehead atoms. The molecule has 3 N–H and O–H groups in total. The third-order valence-electron chi connectivity index (χ3n) is 8.32. The predicted octanol–water partition coefficient (Wildman–Crippen LogP) is 10.00. The number of hydrogen-bond donors (Lipinski definition) is 3. The van der Waals surface area contributed by atoms with Crippen molar-refractivity contribution in [1.82, 2.24) is 0 Å². The van der Waals surface area contributed by atoms with Gasteiger partial charge in [0.15, 0.2) is 0 Å². The first kappa shape index (κ1) is 49.2. The molecular weight excluding hydrogens is 671 g/mol. The van der Waals surface area contributed by atoms with Crippen molar-refractivity contribution in [3.8, 4) is 0 Å². The minimum Gasteiger partial charge on any atom is -0.457 e. The highest BCUT2D eigenvalue weighted by Gasteiger charge is 2.27. The third kappa shape index (κ3) is 35.0. The number of aliphatic hydroxyl groups excluding tert-OH is 2. The van der Waals surface area contributed by atoms with Crippen LogP contribution in [0.4, 0.5) is 0 Å². The van der Waals surface area contributed by atoms with Gasteiger partial charge >= 0.3 is 19.8 Å². The van der Waals surface area contributed by atoms with E-state index in [2.05, 4.69) is 50.3 Å². The molecule has 51 heavy (non-hydrogen) atoms. The maximum Gasteiger partial charge on any atom is 0.472 e. The number of hydrogen-bond acceptors (Lipinski definition) is 9. The fraction of sp³-hybridized carbons (Fsp3) is 0.800. The van der Waals surface area contributed by atoms with Crippen LogP contribution in [0, 0.1) is 0 Å². The molecule has 0 aliphatic heterocycles. The fourth-order valence-electron chi connectivity index (χ4n) is 5.18. The van der Waals surface area contributed by atoms with E-state index in [1.54, 1.807) is 0 Å². The highest BCUT2D eigenvalue weighted by atomic mass is 31.2. The van der Waals surface area contributed by atoms with Crippen molar-refractivity contribution in [2.45, 2.75) is 180 Å². The number of esters is 2. The minimum absolute atomic E-state index is 0.181. The molecule has 0 saturated carbocycles. The molecule has 298 valence electrons. The van der Waals surface area contributed by atoms with E-state index in [1.165, 1.54) is 57.8 Å². The van der Waals surface area contributed by atoms with Crippen molar-refractivity contribution in [2.24, 2.45) is 0 Å². The van der Waals surface area contributed by atoms with Crippen molar-refractivity contribution >= 4 is 19.8 Å². The lowest BCUT2D eigenvalue weighted by Crippen LogP contribution is -2.28. The maximum atomic E-state index is 12.3. The van der Waals surface area contributed by atoms with E-state index < -0.39 is 58.4 Å².